The molecule has 12 nitrogen and oxygen atoms in total. The Morgan fingerprint density at radius 2 is 1.29 bits per heavy atom. The second-order valence-electron chi connectivity index (χ2n) is 8.25. The minimum Gasteiger partial charge on any atom is -0.487 e. The molecule has 2 aromatic rings. The van der Waals surface area contributed by atoms with Crippen molar-refractivity contribution in [3.63, 3.8) is 0 Å². The fourth-order valence-corrected chi connectivity index (χ4v) is 3.34. The fourth-order valence-electron chi connectivity index (χ4n) is 3.34. The molecule has 0 aliphatic rings. The zero-order chi connectivity index (χ0) is 30.7. The lowest BCUT2D eigenvalue weighted by Crippen LogP contribution is -2.62. The Morgan fingerprint density at radius 3 is 1.73 bits per heavy atom. The Hall–Kier alpha value is -4.48. The molecule has 1 aromatic carbocycles. The van der Waals surface area contributed by atoms with E-state index in [1.807, 2.05) is 30.3 Å². The van der Waals surface area contributed by atoms with Crippen LogP contribution in [0.2, 0.25) is 0 Å². The summed E-state index contributed by atoms with van der Waals surface area (Å²) in [6, 6.07) is 13.0. The third kappa shape index (κ3) is 12.5. The molecule has 41 heavy (non-hydrogen) atoms. The van der Waals surface area contributed by atoms with Crippen LogP contribution in [0.3, 0.4) is 0 Å². The summed E-state index contributed by atoms with van der Waals surface area (Å²) in [5, 5.41) is 2.41. The van der Waals surface area contributed by atoms with Crippen molar-refractivity contribution in [2.75, 3.05) is 26.4 Å². The maximum atomic E-state index is 12.7. The van der Waals surface area contributed by atoms with Crippen molar-refractivity contribution in [3.05, 3.63) is 59.9 Å². The minimum absolute atomic E-state index is 0.0409. The highest BCUT2D eigenvalue weighted by atomic mass is 16.6. The molecule has 12 heteroatoms. The average molecular weight is 575 g/mol. The highest BCUT2D eigenvalue weighted by molar-refractivity contribution is 6.08. The Balaban J connectivity index is 0.000000646. The van der Waals surface area contributed by atoms with Gasteiger partial charge in [0, 0.05) is 19.0 Å². The molecule has 2 rings (SSSR count). The molecule has 1 N–H and O–H groups in total. The number of hydrogen-bond donors (Lipinski definition) is 1. The zero-order valence-electron chi connectivity index (χ0n) is 24.1. The summed E-state index contributed by atoms with van der Waals surface area (Å²) in [5.41, 5.74) is -0.620. The quantitative estimate of drug-likeness (QED) is 0.201. The monoisotopic (exact) mass is 574 g/mol. The number of nitrogens with zero attached hydrogens (tertiary/aromatic N) is 1. The standard InChI is InChI=1S/C22H26N2O6.C7H12O4/c1-4-28-20(26)22(24-16(3)25,21(27)29-5-2)13-18-11-12-19(14-23-18)30-15-17-9-7-6-8-10-17;1-3-10-6(8)5-7(9)11-4-2/h6-12,14H,4-5,13,15H2,1-3H3,(H,24,25);3-5H2,1-2H3. The Morgan fingerprint density at radius 1 is 0.756 bits per heavy atom. The van der Waals surface area contributed by atoms with Crippen molar-refractivity contribution in [2.45, 2.75) is 59.6 Å². The molecule has 224 valence electrons. The maximum absolute atomic E-state index is 12.7. The van der Waals surface area contributed by atoms with E-state index in [4.69, 9.17) is 14.2 Å². The first kappa shape index (κ1) is 34.5. The highest BCUT2D eigenvalue weighted by Gasteiger charge is 2.50. The number of carbonyl (C=O) groups excluding carboxylic acids is 5. The van der Waals surface area contributed by atoms with Crippen LogP contribution < -0.4 is 10.1 Å². The summed E-state index contributed by atoms with van der Waals surface area (Å²) >= 11 is 0. The second-order valence-corrected chi connectivity index (χ2v) is 8.25. The van der Waals surface area contributed by atoms with Gasteiger partial charge in [0.1, 0.15) is 18.8 Å². The van der Waals surface area contributed by atoms with Gasteiger partial charge in [0.05, 0.1) is 32.6 Å². The first-order valence-corrected chi connectivity index (χ1v) is 13.2. The van der Waals surface area contributed by atoms with Crippen molar-refractivity contribution in [3.8, 4) is 5.75 Å². The molecule has 0 radical (unpaired) electrons. The van der Waals surface area contributed by atoms with Gasteiger partial charge in [-0.1, -0.05) is 30.3 Å². The molecule has 0 unspecified atom stereocenters. The van der Waals surface area contributed by atoms with Crippen LogP contribution in [0.15, 0.2) is 48.7 Å². The lowest BCUT2D eigenvalue weighted by molar-refractivity contribution is -0.168. The van der Waals surface area contributed by atoms with Crippen LogP contribution in [-0.2, 0) is 55.9 Å². The van der Waals surface area contributed by atoms with Crippen LogP contribution in [0.5, 0.6) is 5.75 Å². The van der Waals surface area contributed by atoms with E-state index in [1.54, 1.807) is 39.8 Å². The summed E-state index contributed by atoms with van der Waals surface area (Å²) in [7, 11) is 0. The van der Waals surface area contributed by atoms with E-state index in [2.05, 4.69) is 19.8 Å². The van der Waals surface area contributed by atoms with Crippen LogP contribution in [0.25, 0.3) is 0 Å². The summed E-state index contributed by atoms with van der Waals surface area (Å²) in [6.07, 6.45) is 0.984. The number of rotatable bonds is 14. The minimum atomic E-state index is -2.02. The van der Waals surface area contributed by atoms with Crippen molar-refractivity contribution in [1.29, 1.82) is 0 Å². The molecule has 1 heterocycles. The van der Waals surface area contributed by atoms with Gasteiger partial charge >= 0.3 is 23.9 Å². The number of pyridine rings is 1. The number of esters is 4. The molecular formula is C29H38N2O10. The predicted molar refractivity (Wildman–Crippen MR) is 146 cm³/mol. The van der Waals surface area contributed by atoms with E-state index >= 15 is 0 Å². The zero-order valence-corrected chi connectivity index (χ0v) is 24.1. The van der Waals surface area contributed by atoms with E-state index in [1.165, 1.54) is 13.1 Å². The number of nitrogens with one attached hydrogen (secondary N) is 1. The number of carbonyl (C=O) groups is 5. The van der Waals surface area contributed by atoms with E-state index in [0.717, 1.165) is 5.56 Å². The van der Waals surface area contributed by atoms with E-state index < -0.39 is 35.3 Å². The average Bonchev–Trinajstić information content (AvgIpc) is 2.93. The maximum Gasteiger partial charge on any atom is 0.344 e. The van der Waals surface area contributed by atoms with Gasteiger partial charge in [-0.3, -0.25) is 19.4 Å². The molecule has 0 saturated heterocycles. The lowest BCUT2D eigenvalue weighted by Gasteiger charge is -2.29. The smallest absolute Gasteiger partial charge is 0.344 e. The molecule has 0 saturated carbocycles. The van der Waals surface area contributed by atoms with Crippen LogP contribution in [0, 0.1) is 0 Å². The molecule has 0 aliphatic carbocycles. The summed E-state index contributed by atoms with van der Waals surface area (Å²) in [5.74, 6) is -2.91. The van der Waals surface area contributed by atoms with Crippen LogP contribution >= 0.6 is 0 Å². The number of ether oxygens (including phenoxy) is 5. The Labute approximate surface area is 239 Å². The van der Waals surface area contributed by atoms with Crippen molar-refractivity contribution in [2.24, 2.45) is 0 Å². The SMILES string of the molecule is CCOC(=O)C(Cc1ccc(OCc2ccccc2)cn1)(NC(C)=O)C(=O)OCC.CCOC(=O)CC(=O)OCC. The van der Waals surface area contributed by atoms with E-state index in [-0.39, 0.29) is 39.3 Å². The first-order chi connectivity index (χ1) is 19.6. The predicted octanol–water partition coefficient (Wildman–Crippen LogP) is 2.71. The van der Waals surface area contributed by atoms with Gasteiger partial charge in [0.15, 0.2) is 0 Å². The van der Waals surface area contributed by atoms with Crippen molar-refractivity contribution >= 4 is 29.8 Å². The van der Waals surface area contributed by atoms with Gasteiger partial charge in [-0.2, -0.15) is 0 Å². The van der Waals surface area contributed by atoms with Crippen LogP contribution in [0.4, 0.5) is 0 Å². The molecular weight excluding hydrogens is 536 g/mol. The van der Waals surface area contributed by atoms with E-state index in [0.29, 0.717) is 18.1 Å². The third-order valence-corrected chi connectivity index (χ3v) is 5.03. The van der Waals surface area contributed by atoms with Crippen LogP contribution in [-0.4, -0.2) is 66.7 Å². The summed E-state index contributed by atoms with van der Waals surface area (Å²) < 4.78 is 24.8. The van der Waals surface area contributed by atoms with Crippen molar-refractivity contribution in [1.82, 2.24) is 10.3 Å². The molecule has 0 aliphatic heterocycles. The van der Waals surface area contributed by atoms with Gasteiger partial charge in [0.2, 0.25) is 11.4 Å². The van der Waals surface area contributed by atoms with Crippen molar-refractivity contribution < 1.29 is 47.7 Å². The van der Waals surface area contributed by atoms with Gasteiger partial charge < -0.3 is 29.0 Å². The number of benzene rings is 1. The number of amides is 1. The van der Waals surface area contributed by atoms with E-state index in [9.17, 15) is 24.0 Å². The van der Waals surface area contributed by atoms with Crippen LogP contribution in [0.1, 0.15) is 52.3 Å². The van der Waals surface area contributed by atoms with Gasteiger partial charge in [-0.05, 0) is 45.4 Å². The molecule has 1 amide bonds. The summed E-state index contributed by atoms with van der Waals surface area (Å²) in [6.45, 7) is 8.84. The topological polar surface area (TPSA) is 156 Å². The first-order valence-electron chi connectivity index (χ1n) is 13.2. The molecule has 1 aromatic heterocycles. The second kappa shape index (κ2) is 18.7. The lowest BCUT2D eigenvalue weighted by atomic mass is 9.92. The summed E-state index contributed by atoms with van der Waals surface area (Å²) in [4.78, 5) is 62.6. The molecule has 0 spiro atoms. The molecule has 0 atom stereocenters. The highest BCUT2D eigenvalue weighted by Crippen LogP contribution is 2.20. The number of aromatic nitrogens is 1. The Kier molecular flexibility index (Phi) is 15.8. The Bertz CT molecular complexity index is 1090. The molecule has 0 fully saturated rings. The third-order valence-electron chi connectivity index (χ3n) is 5.03. The van der Waals surface area contributed by atoms with Gasteiger partial charge in [0.25, 0.3) is 0 Å². The number of hydrogen-bond acceptors (Lipinski definition) is 11. The fraction of sp³-hybridized carbons (Fsp3) is 0.448. The molecule has 0 bridgehead atoms. The van der Waals surface area contributed by atoms with Gasteiger partial charge in [-0.25, -0.2) is 9.59 Å². The largest absolute Gasteiger partial charge is 0.487 e. The normalized spacial score (nSPS) is 10.3. The van der Waals surface area contributed by atoms with Gasteiger partial charge in [-0.15, -0.1) is 0 Å².